The van der Waals surface area contributed by atoms with E-state index in [0.29, 0.717) is 5.56 Å². The van der Waals surface area contributed by atoms with E-state index < -0.39 is 12.1 Å². The lowest BCUT2D eigenvalue weighted by Crippen LogP contribution is -2.17. The highest BCUT2D eigenvalue weighted by molar-refractivity contribution is 6.31. The predicted octanol–water partition coefficient (Wildman–Crippen LogP) is 3.88. The van der Waals surface area contributed by atoms with Crippen molar-refractivity contribution in [3.63, 3.8) is 0 Å². The van der Waals surface area contributed by atoms with Gasteiger partial charge in [0.25, 0.3) is 0 Å². The fraction of sp³-hybridized carbons (Fsp3) is 0.154. The molecule has 0 atom stereocenters. The van der Waals surface area contributed by atoms with Gasteiger partial charge in [-0.25, -0.2) is 4.98 Å². The highest BCUT2D eigenvalue weighted by atomic mass is 35.5. The molecule has 8 heteroatoms. The molecule has 1 aromatic carbocycles. The monoisotopic (exact) mass is 318 g/mol. The van der Waals surface area contributed by atoms with E-state index in [9.17, 15) is 13.2 Å². The van der Waals surface area contributed by atoms with E-state index in [1.807, 2.05) is 0 Å². The number of rotatable bonds is 4. The van der Waals surface area contributed by atoms with E-state index in [1.165, 1.54) is 30.5 Å². The summed E-state index contributed by atoms with van der Waals surface area (Å²) in [6, 6.07) is 6.86. The highest BCUT2D eigenvalue weighted by Gasteiger charge is 2.32. The first-order chi connectivity index (χ1) is 9.89. The minimum absolute atomic E-state index is 0.0351. The van der Waals surface area contributed by atoms with Crippen LogP contribution in [0.2, 0.25) is 5.02 Å². The van der Waals surface area contributed by atoms with Gasteiger partial charge in [-0.15, -0.1) is 13.2 Å². The molecule has 0 aliphatic carbocycles. The Morgan fingerprint density at radius 3 is 2.43 bits per heavy atom. The summed E-state index contributed by atoms with van der Waals surface area (Å²) in [7, 11) is 0. The van der Waals surface area contributed by atoms with Gasteiger partial charge in [0.05, 0.1) is 0 Å². The molecule has 1 aromatic heterocycles. The van der Waals surface area contributed by atoms with E-state index in [2.05, 4.69) is 9.72 Å². The third-order valence-electron chi connectivity index (χ3n) is 2.38. The minimum atomic E-state index is -4.82. The number of para-hydroxylation sites is 2. The van der Waals surface area contributed by atoms with E-state index in [0.717, 1.165) is 6.07 Å². The zero-order valence-electron chi connectivity index (χ0n) is 10.5. The van der Waals surface area contributed by atoms with Crippen molar-refractivity contribution in [1.82, 2.24) is 4.98 Å². The van der Waals surface area contributed by atoms with Crippen molar-refractivity contribution in [1.29, 1.82) is 0 Å². The van der Waals surface area contributed by atoms with Crippen LogP contribution in [0.3, 0.4) is 0 Å². The average Bonchev–Trinajstić information content (AvgIpc) is 2.41. The van der Waals surface area contributed by atoms with E-state index in [-0.39, 0.29) is 23.2 Å². The van der Waals surface area contributed by atoms with Gasteiger partial charge in [-0.05, 0) is 23.8 Å². The molecule has 4 nitrogen and oxygen atoms in total. The van der Waals surface area contributed by atoms with Crippen molar-refractivity contribution < 1.29 is 22.6 Å². The van der Waals surface area contributed by atoms with Gasteiger partial charge >= 0.3 is 6.36 Å². The van der Waals surface area contributed by atoms with Crippen molar-refractivity contribution in [3.8, 4) is 17.4 Å². The Morgan fingerprint density at radius 2 is 1.86 bits per heavy atom. The van der Waals surface area contributed by atoms with Gasteiger partial charge in [-0.1, -0.05) is 23.7 Å². The van der Waals surface area contributed by atoms with Crippen LogP contribution in [0, 0.1) is 0 Å². The number of alkyl halides is 3. The maximum atomic E-state index is 12.3. The molecule has 0 radical (unpaired) electrons. The van der Waals surface area contributed by atoms with Gasteiger partial charge in [-0.2, -0.15) is 0 Å². The number of nitrogens with two attached hydrogens (primary N) is 1. The third kappa shape index (κ3) is 4.24. The van der Waals surface area contributed by atoms with Crippen LogP contribution in [0.1, 0.15) is 5.56 Å². The van der Waals surface area contributed by atoms with Crippen molar-refractivity contribution in [2.24, 2.45) is 5.73 Å². The smallest absolute Gasteiger partial charge is 0.434 e. The molecule has 1 heterocycles. The maximum absolute atomic E-state index is 12.3. The Balaban J connectivity index is 2.27. The zero-order valence-corrected chi connectivity index (χ0v) is 11.3. The molecule has 0 amide bonds. The summed E-state index contributed by atoms with van der Waals surface area (Å²) < 4.78 is 46.1. The SMILES string of the molecule is NCc1cnc(Oc2ccccc2OC(F)(F)F)c(Cl)c1. The van der Waals surface area contributed by atoms with Gasteiger partial charge in [0, 0.05) is 12.7 Å². The van der Waals surface area contributed by atoms with Gasteiger partial charge in [0.15, 0.2) is 11.5 Å². The number of benzene rings is 1. The van der Waals surface area contributed by atoms with E-state index >= 15 is 0 Å². The Bertz CT molecular complexity index is 635. The molecule has 0 unspecified atom stereocenters. The summed E-state index contributed by atoms with van der Waals surface area (Å²) in [6.07, 6.45) is -3.39. The summed E-state index contributed by atoms with van der Waals surface area (Å²) in [5.41, 5.74) is 6.10. The summed E-state index contributed by atoms with van der Waals surface area (Å²) in [4.78, 5) is 3.91. The molecular weight excluding hydrogens is 309 g/mol. The van der Waals surface area contributed by atoms with Gasteiger partial charge in [0.2, 0.25) is 5.88 Å². The largest absolute Gasteiger partial charge is 0.573 e. The van der Waals surface area contributed by atoms with Crippen LogP contribution in [-0.2, 0) is 6.54 Å². The zero-order chi connectivity index (χ0) is 15.5. The molecule has 0 aliphatic rings. The number of pyridine rings is 1. The highest BCUT2D eigenvalue weighted by Crippen LogP contribution is 2.36. The molecule has 0 spiro atoms. The summed E-state index contributed by atoms with van der Waals surface area (Å²) >= 11 is 5.94. The molecule has 0 bridgehead atoms. The van der Waals surface area contributed by atoms with E-state index in [1.54, 1.807) is 0 Å². The van der Waals surface area contributed by atoms with Crippen LogP contribution in [0.4, 0.5) is 13.2 Å². The Morgan fingerprint density at radius 1 is 1.19 bits per heavy atom. The van der Waals surface area contributed by atoms with Crippen LogP contribution in [0.15, 0.2) is 36.5 Å². The van der Waals surface area contributed by atoms with Crippen LogP contribution >= 0.6 is 11.6 Å². The number of aromatic nitrogens is 1. The number of hydrogen-bond acceptors (Lipinski definition) is 4. The van der Waals surface area contributed by atoms with Crippen molar-refractivity contribution in [2.45, 2.75) is 12.9 Å². The maximum Gasteiger partial charge on any atom is 0.573 e. The summed E-state index contributed by atoms with van der Waals surface area (Å²) in [5, 5.41) is 0.139. The molecule has 21 heavy (non-hydrogen) atoms. The molecule has 112 valence electrons. The molecule has 2 N–H and O–H groups in total. The Kier molecular flexibility index (Phi) is 4.54. The van der Waals surface area contributed by atoms with Crippen LogP contribution in [0.25, 0.3) is 0 Å². The van der Waals surface area contributed by atoms with Gasteiger partial charge < -0.3 is 15.2 Å². The molecule has 0 fully saturated rings. The van der Waals surface area contributed by atoms with Crippen molar-refractivity contribution in [2.75, 3.05) is 0 Å². The number of halogens is 4. The number of nitrogens with zero attached hydrogens (tertiary/aromatic N) is 1. The lowest BCUT2D eigenvalue weighted by molar-refractivity contribution is -0.275. The summed E-state index contributed by atoms with van der Waals surface area (Å²) in [6.45, 7) is 0.237. The quantitative estimate of drug-likeness (QED) is 0.929. The number of hydrogen-bond donors (Lipinski definition) is 1. The second-order valence-corrected chi connectivity index (χ2v) is 4.34. The standard InChI is InChI=1S/C13H10ClF3N2O2/c14-9-5-8(6-18)7-19-12(9)20-10-3-1-2-4-11(10)21-13(15,16)17/h1-5,7H,6,18H2. The van der Waals surface area contributed by atoms with Crippen molar-refractivity contribution in [3.05, 3.63) is 47.1 Å². The van der Waals surface area contributed by atoms with E-state index in [4.69, 9.17) is 22.1 Å². The minimum Gasteiger partial charge on any atom is -0.434 e. The third-order valence-corrected chi connectivity index (χ3v) is 2.65. The van der Waals surface area contributed by atoms with Crippen LogP contribution in [0.5, 0.6) is 17.4 Å². The van der Waals surface area contributed by atoms with Gasteiger partial charge in [-0.3, -0.25) is 0 Å². The first kappa shape index (κ1) is 15.4. The Labute approximate surface area is 123 Å². The molecule has 0 saturated heterocycles. The normalized spacial score (nSPS) is 11.3. The van der Waals surface area contributed by atoms with Crippen molar-refractivity contribution >= 4 is 11.6 Å². The second kappa shape index (κ2) is 6.19. The fourth-order valence-electron chi connectivity index (χ4n) is 1.50. The first-order valence-corrected chi connectivity index (χ1v) is 6.14. The predicted molar refractivity (Wildman–Crippen MR) is 70.3 cm³/mol. The molecular formula is C13H10ClF3N2O2. The topological polar surface area (TPSA) is 57.4 Å². The summed E-state index contributed by atoms with van der Waals surface area (Å²) in [5.74, 6) is -0.664. The lowest BCUT2D eigenvalue weighted by atomic mass is 10.3. The molecule has 2 aromatic rings. The second-order valence-electron chi connectivity index (χ2n) is 3.93. The van der Waals surface area contributed by atoms with Crippen LogP contribution in [-0.4, -0.2) is 11.3 Å². The number of ether oxygens (including phenoxy) is 2. The van der Waals surface area contributed by atoms with Crippen LogP contribution < -0.4 is 15.2 Å². The Hall–Kier alpha value is -1.99. The molecule has 2 rings (SSSR count). The van der Waals surface area contributed by atoms with Gasteiger partial charge in [0.1, 0.15) is 5.02 Å². The fourth-order valence-corrected chi connectivity index (χ4v) is 1.73. The lowest BCUT2D eigenvalue weighted by Gasteiger charge is -2.13. The first-order valence-electron chi connectivity index (χ1n) is 5.76. The molecule has 0 saturated carbocycles. The molecule has 0 aliphatic heterocycles. The average molecular weight is 319 g/mol.